The third-order valence-corrected chi connectivity index (χ3v) is 2.42. The van der Waals surface area contributed by atoms with Crippen molar-refractivity contribution in [1.82, 2.24) is 4.98 Å². The van der Waals surface area contributed by atoms with Crippen molar-refractivity contribution in [2.24, 2.45) is 0 Å². The zero-order chi connectivity index (χ0) is 12.6. The highest BCUT2D eigenvalue weighted by Crippen LogP contribution is 2.42. The molecule has 0 unspecified atom stereocenters. The molecule has 1 aromatic heterocycles. The van der Waals surface area contributed by atoms with Gasteiger partial charge >= 0.3 is 6.18 Å². The first-order valence-corrected chi connectivity index (χ1v) is 5.30. The number of halogens is 3. The molecule has 17 heavy (non-hydrogen) atoms. The zero-order valence-electron chi connectivity index (χ0n) is 9.58. The molecule has 6 heteroatoms. The average molecular weight is 246 g/mol. The fourth-order valence-corrected chi connectivity index (χ4v) is 1.50. The van der Waals surface area contributed by atoms with E-state index < -0.39 is 11.7 Å². The van der Waals surface area contributed by atoms with E-state index in [9.17, 15) is 13.2 Å². The van der Waals surface area contributed by atoms with Gasteiger partial charge in [0, 0.05) is 20.3 Å². The quantitative estimate of drug-likeness (QED) is 0.820. The molecule has 0 N–H and O–H groups in total. The Morgan fingerprint density at radius 1 is 1.35 bits per heavy atom. The van der Waals surface area contributed by atoms with Gasteiger partial charge in [0.05, 0.1) is 6.10 Å². The van der Waals surface area contributed by atoms with Crippen molar-refractivity contribution in [1.29, 1.82) is 0 Å². The minimum absolute atomic E-state index is 0.0755. The second kappa shape index (κ2) is 4.09. The van der Waals surface area contributed by atoms with Crippen LogP contribution in [0.15, 0.2) is 12.3 Å². The zero-order valence-corrected chi connectivity index (χ0v) is 9.58. The number of anilines is 1. The summed E-state index contributed by atoms with van der Waals surface area (Å²) in [6, 6.07) is 1.27. The molecule has 2 rings (SSSR count). The lowest BCUT2D eigenvalue weighted by molar-refractivity contribution is -0.138. The fourth-order valence-electron chi connectivity index (χ4n) is 1.50. The van der Waals surface area contributed by atoms with E-state index in [1.54, 1.807) is 0 Å². The lowest BCUT2D eigenvalue weighted by Gasteiger charge is -2.20. The van der Waals surface area contributed by atoms with Crippen LogP contribution in [0.1, 0.15) is 18.4 Å². The van der Waals surface area contributed by atoms with E-state index in [1.165, 1.54) is 31.3 Å². The molecule has 1 fully saturated rings. The third kappa shape index (κ3) is 2.62. The normalized spacial score (nSPS) is 15.8. The van der Waals surface area contributed by atoms with Gasteiger partial charge in [0.15, 0.2) is 0 Å². The molecule has 0 aromatic carbocycles. The number of pyridine rings is 1. The van der Waals surface area contributed by atoms with E-state index in [1.807, 2.05) is 0 Å². The van der Waals surface area contributed by atoms with Crippen LogP contribution >= 0.6 is 0 Å². The maximum Gasteiger partial charge on any atom is 0.423 e. The monoisotopic (exact) mass is 246 g/mol. The number of aromatic nitrogens is 1. The summed E-state index contributed by atoms with van der Waals surface area (Å²) in [6.45, 7) is 0. The number of alkyl halides is 3. The predicted octanol–water partition coefficient (Wildman–Crippen LogP) is 2.71. The van der Waals surface area contributed by atoms with Crippen LogP contribution in [0.5, 0.6) is 5.75 Å². The molecule has 0 atom stereocenters. The van der Waals surface area contributed by atoms with Crippen molar-refractivity contribution in [3.8, 4) is 5.75 Å². The summed E-state index contributed by atoms with van der Waals surface area (Å²) in [4.78, 5) is 5.09. The number of ether oxygens (including phenoxy) is 1. The Kier molecular flexibility index (Phi) is 2.89. The molecule has 1 heterocycles. The molecular weight excluding hydrogens is 233 g/mol. The van der Waals surface area contributed by atoms with Gasteiger partial charge in [0.25, 0.3) is 0 Å². The largest absolute Gasteiger partial charge is 0.490 e. The molecule has 1 aliphatic rings. The van der Waals surface area contributed by atoms with Crippen molar-refractivity contribution in [3.05, 3.63) is 17.8 Å². The smallest absolute Gasteiger partial charge is 0.423 e. The van der Waals surface area contributed by atoms with Gasteiger partial charge in [0.1, 0.15) is 17.1 Å². The molecule has 0 radical (unpaired) electrons. The Bertz CT molecular complexity index is 414. The second-order valence-corrected chi connectivity index (χ2v) is 4.22. The van der Waals surface area contributed by atoms with Crippen LogP contribution in [0.4, 0.5) is 19.0 Å². The Hall–Kier alpha value is -1.46. The van der Waals surface area contributed by atoms with Crippen molar-refractivity contribution in [2.75, 3.05) is 19.0 Å². The summed E-state index contributed by atoms with van der Waals surface area (Å²) >= 11 is 0. The molecule has 1 aromatic rings. The molecule has 3 nitrogen and oxygen atoms in total. The van der Waals surface area contributed by atoms with E-state index in [0.29, 0.717) is 0 Å². The van der Waals surface area contributed by atoms with Crippen molar-refractivity contribution in [3.63, 3.8) is 0 Å². The maximum atomic E-state index is 13.0. The number of hydrogen-bond donors (Lipinski definition) is 0. The van der Waals surface area contributed by atoms with Crippen LogP contribution in [-0.2, 0) is 6.18 Å². The Labute approximate surface area is 97.2 Å². The Balaban J connectivity index is 2.45. The van der Waals surface area contributed by atoms with Crippen LogP contribution in [0.3, 0.4) is 0 Å². The summed E-state index contributed by atoms with van der Waals surface area (Å²) < 4.78 is 44.3. The Morgan fingerprint density at radius 3 is 2.47 bits per heavy atom. The second-order valence-electron chi connectivity index (χ2n) is 4.22. The van der Waals surface area contributed by atoms with E-state index in [0.717, 1.165) is 12.8 Å². The first-order valence-electron chi connectivity index (χ1n) is 5.30. The summed E-state index contributed by atoms with van der Waals surface area (Å²) in [6.07, 6.45) is -1.57. The van der Waals surface area contributed by atoms with Gasteiger partial charge in [-0.25, -0.2) is 4.98 Å². The molecule has 0 spiro atoms. The molecule has 1 saturated carbocycles. The number of hydrogen-bond acceptors (Lipinski definition) is 3. The summed E-state index contributed by atoms with van der Waals surface area (Å²) in [5.74, 6) is -0.241. The lowest BCUT2D eigenvalue weighted by Crippen LogP contribution is -2.19. The molecule has 94 valence electrons. The van der Waals surface area contributed by atoms with Crippen molar-refractivity contribution in [2.45, 2.75) is 25.1 Å². The fraction of sp³-hybridized carbons (Fsp3) is 0.545. The molecule has 1 aliphatic carbocycles. The number of nitrogens with zero attached hydrogens (tertiary/aromatic N) is 2. The summed E-state index contributed by atoms with van der Waals surface area (Å²) in [5, 5.41) is 0. The summed E-state index contributed by atoms with van der Waals surface area (Å²) in [5.41, 5.74) is -0.795. The van der Waals surface area contributed by atoms with Gasteiger partial charge in [-0.05, 0) is 18.9 Å². The highest BCUT2D eigenvalue weighted by Gasteiger charge is 2.40. The maximum absolute atomic E-state index is 13.0. The van der Waals surface area contributed by atoms with Crippen LogP contribution in [-0.4, -0.2) is 25.2 Å². The molecule has 0 bridgehead atoms. The molecule has 0 amide bonds. The lowest BCUT2D eigenvalue weighted by atomic mass is 10.2. The SMILES string of the molecule is CN(C)c1nccc(OC2CC2)c1C(F)(F)F. The third-order valence-electron chi connectivity index (χ3n) is 2.42. The highest BCUT2D eigenvalue weighted by atomic mass is 19.4. The van der Waals surface area contributed by atoms with Crippen LogP contribution in [0.25, 0.3) is 0 Å². The van der Waals surface area contributed by atoms with Gasteiger partial charge in [-0.1, -0.05) is 0 Å². The average Bonchev–Trinajstić information content (AvgIpc) is 2.99. The highest BCUT2D eigenvalue weighted by molar-refractivity contribution is 5.54. The van der Waals surface area contributed by atoms with E-state index >= 15 is 0 Å². The van der Waals surface area contributed by atoms with Crippen molar-refractivity contribution < 1.29 is 17.9 Å². The molecule has 0 aliphatic heterocycles. The first kappa shape index (κ1) is 12.0. The van der Waals surface area contributed by atoms with E-state index in [2.05, 4.69) is 4.98 Å². The van der Waals surface area contributed by atoms with Crippen LogP contribution in [0.2, 0.25) is 0 Å². The van der Waals surface area contributed by atoms with Crippen molar-refractivity contribution >= 4 is 5.82 Å². The van der Waals surface area contributed by atoms with Gasteiger partial charge in [-0.3, -0.25) is 0 Å². The van der Waals surface area contributed by atoms with Gasteiger partial charge in [0.2, 0.25) is 0 Å². The van der Waals surface area contributed by atoms with Gasteiger partial charge in [-0.2, -0.15) is 13.2 Å². The summed E-state index contributed by atoms with van der Waals surface area (Å²) in [7, 11) is 3.05. The minimum atomic E-state index is -4.46. The van der Waals surface area contributed by atoms with Crippen LogP contribution in [0, 0.1) is 0 Å². The standard InChI is InChI=1S/C11H13F3N2O/c1-16(2)10-9(11(12,13)14)8(5-6-15-10)17-7-3-4-7/h5-7H,3-4H2,1-2H3. The van der Waals surface area contributed by atoms with E-state index in [-0.39, 0.29) is 17.7 Å². The number of rotatable bonds is 3. The topological polar surface area (TPSA) is 25.4 Å². The molecular formula is C11H13F3N2O. The van der Waals surface area contributed by atoms with Gasteiger partial charge < -0.3 is 9.64 Å². The Morgan fingerprint density at radius 2 is 2.00 bits per heavy atom. The predicted molar refractivity (Wildman–Crippen MR) is 57.2 cm³/mol. The minimum Gasteiger partial charge on any atom is -0.490 e. The van der Waals surface area contributed by atoms with E-state index in [4.69, 9.17) is 4.74 Å². The molecule has 0 saturated heterocycles. The van der Waals surface area contributed by atoms with Crippen LogP contribution < -0.4 is 9.64 Å². The first-order chi connectivity index (χ1) is 7.89. The van der Waals surface area contributed by atoms with Gasteiger partial charge in [-0.15, -0.1) is 0 Å².